The molecule has 0 aliphatic heterocycles. The van der Waals surface area contributed by atoms with E-state index in [9.17, 15) is 4.79 Å². The number of hydrogen-bond donors (Lipinski definition) is 1. The first kappa shape index (κ1) is 20.4. The summed E-state index contributed by atoms with van der Waals surface area (Å²) < 4.78 is 7.50. The number of amides is 1. The summed E-state index contributed by atoms with van der Waals surface area (Å²) >= 11 is 2.97. The van der Waals surface area contributed by atoms with Crippen LogP contribution in [0.3, 0.4) is 0 Å². The summed E-state index contributed by atoms with van der Waals surface area (Å²) in [6.45, 7) is 4.14. The minimum atomic E-state index is -0.00167. The molecule has 0 spiro atoms. The highest BCUT2D eigenvalue weighted by atomic mass is 32.2. The van der Waals surface area contributed by atoms with Crippen molar-refractivity contribution in [1.29, 1.82) is 0 Å². The molecule has 0 fully saturated rings. The van der Waals surface area contributed by atoms with Gasteiger partial charge >= 0.3 is 0 Å². The number of carbonyl (C=O) groups excluding carboxylic acids is 1. The van der Waals surface area contributed by atoms with Crippen LogP contribution in [-0.4, -0.2) is 39.6 Å². The molecule has 3 rings (SSSR count). The monoisotopic (exact) mass is 416 g/mol. The van der Waals surface area contributed by atoms with Gasteiger partial charge in [0.2, 0.25) is 5.91 Å². The van der Waals surface area contributed by atoms with E-state index in [4.69, 9.17) is 4.74 Å². The summed E-state index contributed by atoms with van der Waals surface area (Å²) in [5.41, 5.74) is 0.848. The zero-order valence-corrected chi connectivity index (χ0v) is 17.8. The highest BCUT2D eigenvalue weighted by Gasteiger charge is 2.20. The van der Waals surface area contributed by atoms with E-state index >= 15 is 0 Å². The topological polar surface area (TPSA) is 69.0 Å². The lowest BCUT2D eigenvalue weighted by Crippen LogP contribution is -2.33. The van der Waals surface area contributed by atoms with Crippen LogP contribution in [0.2, 0.25) is 0 Å². The summed E-state index contributed by atoms with van der Waals surface area (Å²) in [6.07, 6.45) is 2.01. The van der Waals surface area contributed by atoms with E-state index < -0.39 is 0 Å². The van der Waals surface area contributed by atoms with Gasteiger partial charge in [0.25, 0.3) is 0 Å². The number of para-hydroxylation sites is 2. The molecule has 1 aromatic carbocycles. The molecular weight excluding hydrogens is 392 g/mol. The summed E-state index contributed by atoms with van der Waals surface area (Å²) in [5, 5.41) is 14.4. The quantitative estimate of drug-likeness (QED) is 0.524. The number of methoxy groups -OCH3 is 1. The van der Waals surface area contributed by atoms with Crippen molar-refractivity contribution in [3.05, 3.63) is 41.8 Å². The van der Waals surface area contributed by atoms with E-state index in [1.54, 1.807) is 18.4 Å². The van der Waals surface area contributed by atoms with E-state index in [1.165, 1.54) is 11.8 Å². The summed E-state index contributed by atoms with van der Waals surface area (Å²) in [6, 6.07) is 11.9. The van der Waals surface area contributed by atoms with Crippen molar-refractivity contribution in [3.8, 4) is 22.1 Å². The number of benzene rings is 1. The zero-order chi connectivity index (χ0) is 19.9. The number of aromatic nitrogens is 3. The number of carbonyl (C=O) groups is 1. The molecule has 1 N–H and O–H groups in total. The lowest BCUT2D eigenvalue weighted by molar-refractivity contribution is -0.119. The van der Waals surface area contributed by atoms with Crippen LogP contribution >= 0.6 is 23.1 Å². The van der Waals surface area contributed by atoms with Crippen molar-refractivity contribution < 1.29 is 9.53 Å². The van der Waals surface area contributed by atoms with Crippen LogP contribution in [0, 0.1) is 0 Å². The number of nitrogens with zero attached hydrogens (tertiary/aromatic N) is 3. The van der Waals surface area contributed by atoms with E-state index in [0.29, 0.717) is 5.16 Å². The molecule has 1 atom stereocenters. The summed E-state index contributed by atoms with van der Waals surface area (Å²) in [7, 11) is 1.64. The van der Waals surface area contributed by atoms with E-state index in [0.717, 1.165) is 35.0 Å². The van der Waals surface area contributed by atoms with Gasteiger partial charge in [-0.3, -0.25) is 9.36 Å². The van der Waals surface area contributed by atoms with Gasteiger partial charge < -0.3 is 10.1 Å². The van der Waals surface area contributed by atoms with Gasteiger partial charge in [0, 0.05) is 6.04 Å². The van der Waals surface area contributed by atoms with Crippen molar-refractivity contribution in [2.75, 3.05) is 12.9 Å². The molecule has 0 aliphatic rings. The first-order valence-corrected chi connectivity index (χ1v) is 11.1. The Balaban J connectivity index is 1.89. The maximum Gasteiger partial charge on any atom is 0.230 e. The lowest BCUT2D eigenvalue weighted by atomic mass is 10.2. The van der Waals surface area contributed by atoms with Crippen molar-refractivity contribution in [3.63, 3.8) is 0 Å². The van der Waals surface area contributed by atoms with Crippen LogP contribution in [0.4, 0.5) is 0 Å². The van der Waals surface area contributed by atoms with Crippen molar-refractivity contribution in [2.24, 2.45) is 0 Å². The van der Waals surface area contributed by atoms with Crippen LogP contribution in [-0.2, 0) is 4.79 Å². The standard InChI is InChI=1S/C20H24N4O2S2/c1-4-8-14(2)21-18(25)13-28-20-23-22-19(17-11-7-12-27-17)24(20)15-9-5-6-10-16(15)26-3/h5-7,9-12,14H,4,8,13H2,1-3H3,(H,21,25)/t14-/m1/s1. The lowest BCUT2D eigenvalue weighted by Gasteiger charge is -2.14. The molecule has 0 saturated carbocycles. The predicted octanol–water partition coefficient (Wildman–Crippen LogP) is 4.40. The third-order valence-electron chi connectivity index (χ3n) is 4.16. The molecule has 148 valence electrons. The van der Waals surface area contributed by atoms with Gasteiger partial charge in [0.05, 0.1) is 23.4 Å². The average molecular weight is 417 g/mol. The highest BCUT2D eigenvalue weighted by Crippen LogP contribution is 2.33. The molecule has 0 unspecified atom stereocenters. The van der Waals surface area contributed by atoms with Gasteiger partial charge in [-0.1, -0.05) is 43.3 Å². The zero-order valence-electron chi connectivity index (χ0n) is 16.2. The molecule has 2 aromatic heterocycles. The maximum atomic E-state index is 12.3. The Bertz CT molecular complexity index is 909. The Labute approximate surface area is 173 Å². The SMILES string of the molecule is CCC[C@@H](C)NC(=O)CSc1nnc(-c2cccs2)n1-c1ccccc1OC. The van der Waals surface area contributed by atoms with Gasteiger partial charge in [-0.05, 0) is 36.9 Å². The fourth-order valence-electron chi connectivity index (χ4n) is 2.91. The first-order chi connectivity index (χ1) is 13.6. The Morgan fingerprint density at radius 3 is 2.82 bits per heavy atom. The highest BCUT2D eigenvalue weighted by molar-refractivity contribution is 7.99. The fraction of sp³-hybridized carbons (Fsp3) is 0.350. The molecule has 0 aliphatic carbocycles. The summed E-state index contributed by atoms with van der Waals surface area (Å²) in [5.74, 6) is 1.74. The second-order valence-electron chi connectivity index (χ2n) is 6.34. The average Bonchev–Trinajstić information content (AvgIpc) is 3.36. The minimum Gasteiger partial charge on any atom is -0.495 e. The van der Waals surface area contributed by atoms with Crippen molar-refractivity contribution in [1.82, 2.24) is 20.1 Å². The molecule has 8 heteroatoms. The van der Waals surface area contributed by atoms with Crippen molar-refractivity contribution in [2.45, 2.75) is 37.9 Å². The van der Waals surface area contributed by atoms with E-state index in [1.807, 2.05) is 53.3 Å². The minimum absolute atomic E-state index is 0.00167. The van der Waals surface area contributed by atoms with Crippen LogP contribution in [0.25, 0.3) is 16.4 Å². The van der Waals surface area contributed by atoms with Gasteiger partial charge in [0.1, 0.15) is 5.75 Å². The molecule has 0 radical (unpaired) electrons. The van der Waals surface area contributed by atoms with E-state index in [-0.39, 0.29) is 17.7 Å². The van der Waals surface area contributed by atoms with E-state index in [2.05, 4.69) is 22.4 Å². The number of thiophene rings is 1. The molecule has 0 saturated heterocycles. The third kappa shape index (κ3) is 4.74. The Kier molecular flexibility index (Phi) is 7.11. The van der Waals surface area contributed by atoms with Crippen LogP contribution < -0.4 is 10.1 Å². The number of nitrogens with one attached hydrogen (secondary N) is 1. The third-order valence-corrected chi connectivity index (χ3v) is 5.96. The number of ether oxygens (including phenoxy) is 1. The summed E-state index contributed by atoms with van der Waals surface area (Å²) in [4.78, 5) is 13.3. The van der Waals surface area contributed by atoms with Gasteiger partial charge in [-0.2, -0.15) is 0 Å². The second kappa shape index (κ2) is 9.75. The number of hydrogen-bond acceptors (Lipinski definition) is 6. The fourth-order valence-corrected chi connectivity index (χ4v) is 4.37. The Morgan fingerprint density at radius 2 is 2.11 bits per heavy atom. The molecule has 0 bridgehead atoms. The number of thioether (sulfide) groups is 1. The number of rotatable bonds is 9. The normalized spacial score (nSPS) is 12.0. The molecule has 1 amide bonds. The molecule has 2 heterocycles. The van der Waals surface area contributed by atoms with Crippen LogP contribution in [0.15, 0.2) is 46.9 Å². The maximum absolute atomic E-state index is 12.3. The molecular formula is C20H24N4O2S2. The van der Waals surface area contributed by atoms with Crippen LogP contribution in [0.5, 0.6) is 5.75 Å². The predicted molar refractivity (Wildman–Crippen MR) is 114 cm³/mol. The Morgan fingerprint density at radius 1 is 1.29 bits per heavy atom. The van der Waals surface area contributed by atoms with Crippen molar-refractivity contribution >= 4 is 29.0 Å². The largest absolute Gasteiger partial charge is 0.495 e. The van der Waals surface area contributed by atoms with Gasteiger partial charge in [-0.25, -0.2) is 0 Å². The van der Waals surface area contributed by atoms with Crippen LogP contribution in [0.1, 0.15) is 26.7 Å². The smallest absolute Gasteiger partial charge is 0.230 e. The first-order valence-electron chi connectivity index (χ1n) is 9.18. The second-order valence-corrected chi connectivity index (χ2v) is 8.23. The molecule has 28 heavy (non-hydrogen) atoms. The molecule has 3 aromatic rings. The van der Waals surface area contributed by atoms with Gasteiger partial charge in [-0.15, -0.1) is 21.5 Å². The Hall–Kier alpha value is -2.32. The molecule has 6 nitrogen and oxygen atoms in total. The van der Waals surface area contributed by atoms with Gasteiger partial charge in [0.15, 0.2) is 11.0 Å².